The highest BCUT2D eigenvalue weighted by atomic mass is 15.1. The van der Waals surface area contributed by atoms with Crippen LogP contribution in [0.2, 0.25) is 0 Å². The van der Waals surface area contributed by atoms with Crippen molar-refractivity contribution < 1.29 is 0 Å². The summed E-state index contributed by atoms with van der Waals surface area (Å²) in [6.07, 6.45) is 1.81. The molecule has 18 heavy (non-hydrogen) atoms. The summed E-state index contributed by atoms with van der Waals surface area (Å²) in [5.74, 6) is 0.733. The first-order valence-electron chi connectivity index (χ1n) is 5.70. The predicted molar refractivity (Wildman–Crippen MR) is 71.2 cm³/mol. The van der Waals surface area contributed by atoms with E-state index in [0.29, 0.717) is 6.54 Å². The highest BCUT2D eigenvalue weighted by molar-refractivity contribution is 5.80. The Morgan fingerprint density at radius 1 is 1.39 bits per heavy atom. The summed E-state index contributed by atoms with van der Waals surface area (Å²) >= 11 is 0. The first-order valence-corrected chi connectivity index (χ1v) is 5.70. The Balaban J connectivity index is 1.81. The quantitative estimate of drug-likeness (QED) is 0.526. The van der Waals surface area contributed by atoms with Gasteiger partial charge in [-0.25, -0.2) is 4.98 Å². The molecule has 0 aliphatic rings. The SMILES string of the molecule is Cc1[nH]ncc1CNc1nc2ccc(N)cc2[nH]1. The minimum absolute atomic E-state index is 0.678. The van der Waals surface area contributed by atoms with E-state index >= 15 is 0 Å². The van der Waals surface area contributed by atoms with Gasteiger partial charge in [0.25, 0.3) is 0 Å². The van der Waals surface area contributed by atoms with Crippen molar-refractivity contribution in [3.8, 4) is 0 Å². The molecule has 0 fully saturated rings. The van der Waals surface area contributed by atoms with Gasteiger partial charge in [0.2, 0.25) is 5.95 Å². The van der Waals surface area contributed by atoms with Crippen LogP contribution in [0.25, 0.3) is 11.0 Å². The van der Waals surface area contributed by atoms with E-state index in [2.05, 4.69) is 25.5 Å². The molecule has 2 heterocycles. The van der Waals surface area contributed by atoms with E-state index in [1.165, 1.54) is 0 Å². The van der Waals surface area contributed by atoms with Crippen LogP contribution in [0.4, 0.5) is 11.6 Å². The lowest BCUT2D eigenvalue weighted by Crippen LogP contribution is -2.01. The minimum atomic E-state index is 0.678. The largest absolute Gasteiger partial charge is 0.399 e. The van der Waals surface area contributed by atoms with Crippen molar-refractivity contribution >= 4 is 22.7 Å². The van der Waals surface area contributed by atoms with Crippen molar-refractivity contribution in [2.45, 2.75) is 13.5 Å². The smallest absolute Gasteiger partial charge is 0.201 e. The lowest BCUT2D eigenvalue weighted by molar-refractivity contribution is 1.04. The number of aromatic nitrogens is 4. The van der Waals surface area contributed by atoms with Crippen molar-refractivity contribution in [1.82, 2.24) is 20.2 Å². The predicted octanol–water partition coefficient (Wildman–Crippen LogP) is 1.79. The maximum absolute atomic E-state index is 5.72. The Kier molecular flexibility index (Phi) is 2.40. The molecule has 2 aromatic heterocycles. The second kappa shape index (κ2) is 4.06. The average molecular weight is 242 g/mol. The number of anilines is 2. The molecule has 0 saturated heterocycles. The number of hydrogen-bond acceptors (Lipinski definition) is 4. The number of H-pyrrole nitrogens is 2. The number of imidazole rings is 1. The molecule has 6 nitrogen and oxygen atoms in total. The Hall–Kier alpha value is -2.50. The third-order valence-corrected chi connectivity index (χ3v) is 2.89. The molecule has 0 aliphatic carbocycles. The van der Waals surface area contributed by atoms with Crippen LogP contribution in [0.3, 0.4) is 0 Å². The molecule has 0 saturated carbocycles. The number of hydrogen-bond donors (Lipinski definition) is 4. The molecule has 0 aliphatic heterocycles. The zero-order valence-corrected chi connectivity index (χ0v) is 9.99. The van der Waals surface area contributed by atoms with Crippen LogP contribution < -0.4 is 11.1 Å². The fourth-order valence-electron chi connectivity index (χ4n) is 1.84. The Labute approximate surface area is 104 Å². The van der Waals surface area contributed by atoms with Gasteiger partial charge in [-0.15, -0.1) is 0 Å². The molecule has 0 spiro atoms. The molecule has 6 heteroatoms. The minimum Gasteiger partial charge on any atom is -0.399 e. The van der Waals surface area contributed by atoms with Crippen LogP contribution in [0.15, 0.2) is 24.4 Å². The average Bonchev–Trinajstić information content (AvgIpc) is 2.92. The molecule has 3 rings (SSSR count). The second-order valence-electron chi connectivity index (χ2n) is 4.24. The van der Waals surface area contributed by atoms with Crippen LogP contribution >= 0.6 is 0 Å². The molecule has 0 radical (unpaired) electrons. The summed E-state index contributed by atoms with van der Waals surface area (Å²) in [4.78, 5) is 7.62. The molecule has 0 unspecified atom stereocenters. The summed E-state index contributed by atoms with van der Waals surface area (Å²) in [6.45, 7) is 2.67. The van der Waals surface area contributed by atoms with Gasteiger partial charge in [-0.1, -0.05) is 0 Å². The number of aromatic amines is 2. The van der Waals surface area contributed by atoms with Gasteiger partial charge < -0.3 is 16.0 Å². The molecular weight excluding hydrogens is 228 g/mol. The molecule has 0 bridgehead atoms. The van der Waals surface area contributed by atoms with Gasteiger partial charge in [-0.05, 0) is 25.1 Å². The van der Waals surface area contributed by atoms with Crippen molar-refractivity contribution in [3.63, 3.8) is 0 Å². The fourth-order valence-corrected chi connectivity index (χ4v) is 1.84. The lowest BCUT2D eigenvalue weighted by atomic mass is 10.3. The van der Waals surface area contributed by atoms with Gasteiger partial charge >= 0.3 is 0 Å². The highest BCUT2D eigenvalue weighted by Crippen LogP contribution is 2.17. The molecule has 3 aromatic rings. The van der Waals surface area contributed by atoms with E-state index in [9.17, 15) is 0 Å². The number of aryl methyl sites for hydroxylation is 1. The fraction of sp³-hybridized carbons (Fsp3) is 0.167. The normalized spacial score (nSPS) is 10.9. The number of nitrogens with zero attached hydrogens (tertiary/aromatic N) is 2. The Morgan fingerprint density at radius 3 is 3.06 bits per heavy atom. The van der Waals surface area contributed by atoms with Crippen molar-refractivity contribution in [1.29, 1.82) is 0 Å². The summed E-state index contributed by atoms with van der Waals surface area (Å²) in [6, 6.07) is 5.61. The van der Waals surface area contributed by atoms with Crippen molar-refractivity contribution in [3.05, 3.63) is 35.7 Å². The number of benzene rings is 1. The number of rotatable bonds is 3. The summed E-state index contributed by atoms with van der Waals surface area (Å²) < 4.78 is 0. The van der Waals surface area contributed by atoms with Crippen molar-refractivity contribution in [2.75, 3.05) is 11.1 Å². The van der Waals surface area contributed by atoms with Gasteiger partial charge in [0.05, 0.1) is 17.2 Å². The molecule has 0 amide bonds. The maximum Gasteiger partial charge on any atom is 0.201 e. The van der Waals surface area contributed by atoms with Crippen LogP contribution in [0.1, 0.15) is 11.3 Å². The highest BCUT2D eigenvalue weighted by Gasteiger charge is 2.04. The first kappa shape index (κ1) is 10.6. The van der Waals surface area contributed by atoms with E-state index in [0.717, 1.165) is 33.9 Å². The molecule has 1 aromatic carbocycles. The second-order valence-corrected chi connectivity index (χ2v) is 4.24. The van der Waals surface area contributed by atoms with E-state index in [1.54, 1.807) is 0 Å². The van der Waals surface area contributed by atoms with Gasteiger partial charge in [0, 0.05) is 23.5 Å². The van der Waals surface area contributed by atoms with Crippen LogP contribution in [0, 0.1) is 6.92 Å². The zero-order chi connectivity index (χ0) is 12.5. The summed E-state index contributed by atoms with van der Waals surface area (Å²) in [7, 11) is 0. The standard InChI is InChI=1S/C12H14N6/c1-7-8(6-15-18-7)5-14-12-16-10-3-2-9(13)4-11(10)17-12/h2-4,6H,5,13H2,1H3,(H,15,18)(H2,14,16,17). The number of nitrogens with one attached hydrogen (secondary N) is 3. The molecule has 5 N–H and O–H groups in total. The number of nitrogen functional groups attached to an aromatic ring is 1. The van der Waals surface area contributed by atoms with E-state index < -0.39 is 0 Å². The van der Waals surface area contributed by atoms with Gasteiger partial charge in [0.1, 0.15) is 0 Å². The van der Waals surface area contributed by atoms with E-state index in [4.69, 9.17) is 5.73 Å². The molecular formula is C12H14N6. The third kappa shape index (κ3) is 1.88. The maximum atomic E-state index is 5.72. The van der Waals surface area contributed by atoms with Crippen LogP contribution in [0.5, 0.6) is 0 Å². The van der Waals surface area contributed by atoms with Crippen LogP contribution in [-0.2, 0) is 6.54 Å². The number of fused-ring (bicyclic) bond motifs is 1. The monoisotopic (exact) mass is 242 g/mol. The Morgan fingerprint density at radius 2 is 2.28 bits per heavy atom. The van der Waals surface area contributed by atoms with Gasteiger partial charge in [0.15, 0.2) is 0 Å². The molecule has 92 valence electrons. The van der Waals surface area contributed by atoms with E-state index in [1.807, 2.05) is 31.3 Å². The van der Waals surface area contributed by atoms with Crippen LogP contribution in [-0.4, -0.2) is 20.2 Å². The zero-order valence-electron chi connectivity index (χ0n) is 9.99. The molecule has 0 atom stereocenters. The topological polar surface area (TPSA) is 95.4 Å². The summed E-state index contributed by atoms with van der Waals surface area (Å²) in [5.41, 5.74) is 10.5. The summed E-state index contributed by atoms with van der Waals surface area (Å²) in [5, 5.41) is 10.1. The third-order valence-electron chi connectivity index (χ3n) is 2.89. The van der Waals surface area contributed by atoms with Gasteiger partial charge in [-0.2, -0.15) is 5.10 Å². The van der Waals surface area contributed by atoms with Crippen molar-refractivity contribution in [2.24, 2.45) is 0 Å². The number of nitrogens with two attached hydrogens (primary N) is 1. The first-order chi connectivity index (χ1) is 8.72. The van der Waals surface area contributed by atoms with E-state index in [-0.39, 0.29) is 0 Å². The van der Waals surface area contributed by atoms with Gasteiger partial charge in [-0.3, -0.25) is 5.10 Å². The Bertz CT molecular complexity index is 681. The lowest BCUT2D eigenvalue weighted by Gasteiger charge is -2.00.